The number of rotatable bonds is 6. The molecule has 1 saturated heterocycles. The summed E-state index contributed by atoms with van der Waals surface area (Å²) in [6.45, 7) is 6.23. The molecule has 7 nitrogen and oxygen atoms in total. The molecular formula is C25H30N4O3. The van der Waals surface area contributed by atoms with Crippen molar-refractivity contribution in [3.05, 3.63) is 59.8 Å². The van der Waals surface area contributed by atoms with Gasteiger partial charge in [0.05, 0.1) is 18.4 Å². The smallest absolute Gasteiger partial charge is 0.282 e. The molecule has 4 rings (SSSR count). The monoisotopic (exact) mass is 434 g/mol. The summed E-state index contributed by atoms with van der Waals surface area (Å²) in [5.74, 6) is -0.0164. The first-order chi connectivity index (χ1) is 15.5. The predicted octanol–water partition coefficient (Wildman–Crippen LogP) is 2.68. The number of carbonyl (C=O) groups excluding carboxylic acids is 2. The fourth-order valence-electron chi connectivity index (χ4n) is 4.34. The van der Waals surface area contributed by atoms with Gasteiger partial charge in [-0.3, -0.25) is 9.59 Å². The van der Waals surface area contributed by atoms with Crippen LogP contribution in [0.5, 0.6) is 5.75 Å². The molecule has 0 spiro atoms. The van der Waals surface area contributed by atoms with E-state index in [9.17, 15) is 9.59 Å². The van der Waals surface area contributed by atoms with Gasteiger partial charge in [0, 0.05) is 51.5 Å². The van der Waals surface area contributed by atoms with Crippen molar-refractivity contribution in [2.24, 2.45) is 0 Å². The van der Waals surface area contributed by atoms with Gasteiger partial charge in [-0.05, 0) is 30.8 Å². The average molecular weight is 435 g/mol. The van der Waals surface area contributed by atoms with Gasteiger partial charge in [-0.1, -0.05) is 31.2 Å². The zero-order chi connectivity index (χ0) is 22.8. The van der Waals surface area contributed by atoms with E-state index in [1.807, 2.05) is 61.5 Å². The van der Waals surface area contributed by atoms with Gasteiger partial charge < -0.3 is 19.4 Å². The number of amides is 2. The Hall–Kier alpha value is -3.32. The highest BCUT2D eigenvalue weighted by Gasteiger charge is 2.43. The van der Waals surface area contributed by atoms with E-state index in [-0.39, 0.29) is 11.8 Å². The molecule has 7 heteroatoms. The maximum Gasteiger partial charge on any atom is 0.282 e. The zero-order valence-corrected chi connectivity index (χ0v) is 19.2. The molecule has 0 aromatic heterocycles. The Bertz CT molecular complexity index is 1050. The van der Waals surface area contributed by atoms with Crippen LogP contribution in [0.1, 0.15) is 12.5 Å². The standard InChI is InChI=1S/C25H30N4O3/c1-5-27-13-15-28(16-14-27)23-22(20-11-6-7-12-21(20)32-4)24(30)29(25(23)31)19-10-8-9-18(17-19)26(2)3/h6-12,17H,5,13-16H2,1-4H3. The number of carbonyl (C=O) groups is 2. The summed E-state index contributed by atoms with van der Waals surface area (Å²) in [5.41, 5.74) is 3.01. The first-order valence-corrected chi connectivity index (χ1v) is 11.0. The van der Waals surface area contributed by atoms with Crippen LogP contribution in [0.2, 0.25) is 0 Å². The summed E-state index contributed by atoms with van der Waals surface area (Å²) < 4.78 is 5.55. The van der Waals surface area contributed by atoms with Gasteiger partial charge in [-0.2, -0.15) is 0 Å². The zero-order valence-electron chi connectivity index (χ0n) is 19.2. The van der Waals surface area contributed by atoms with Crippen molar-refractivity contribution in [1.82, 2.24) is 9.80 Å². The average Bonchev–Trinajstić information content (AvgIpc) is 3.08. The van der Waals surface area contributed by atoms with Crippen LogP contribution in [0.3, 0.4) is 0 Å². The van der Waals surface area contributed by atoms with Crippen LogP contribution in [0, 0.1) is 0 Å². The minimum Gasteiger partial charge on any atom is -0.496 e. The number of hydrogen-bond donors (Lipinski definition) is 0. The second-order valence-corrected chi connectivity index (χ2v) is 8.21. The van der Waals surface area contributed by atoms with Gasteiger partial charge in [-0.15, -0.1) is 0 Å². The van der Waals surface area contributed by atoms with Crippen LogP contribution in [-0.4, -0.2) is 75.5 Å². The molecule has 0 atom stereocenters. The fraction of sp³-hybridized carbons (Fsp3) is 0.360. The van der Waals surface area contributed by atoms with E-state index < -0.39 is 0 Å². The van der Waals surface area contributed by atoms with Crippen molar-refractivity contribution in [2.75, 3.05) is 63.7 Å². The summed E-state index contributed by atoms with van der Waals surface area (Å²) in [7, 11) is 5.45. The van der Waals surface area contributed by atoms with Crippen LogP contribution in [0.25, 0.3) is 5.57 Å². The van der Waals surface area contributed by atoms with E-state index in [0.717, 1.165) is 25.3 Å². The third kappa shape index (κ3) is 3.84. The summed E-state index contributed by atoms with van der Waals surface area (Å²) in [6.07, 6.45) is 0. The van der Waals surface area contributed by atoms with E-state index in [1.54, 1.807) is 13.2 Å². The minimum absolute atomic E-state index is 0.281. The molecule has 2 aliphatic rings. The molecule has 0 saturated carbocycles. The largest absolute Gasteiger partial charge is 0.496 e. The number of likely N-dealkylation sites (N-methyl/N-ethyl adjacent to an activating group) is 1. The number of benzene rings is 2. The molecule has 1 fully saturated rings. The summed E-state index contributed by atoms with van der Waals surface area (Å²) in [5, 5.41) is 0. The number of ether oxygens (including phenoxy) is 1. The number of nitrogens with zero attached hydrogens (tertiary/aromatic N) is 4. The SMILES string of the molecule is CCN1CCN(C2=C(c3ccccc3OC)C(=O)N(c3cccc(N(C)C)c3)C2=O)CC1. The summed E-state index contributed by atoms with van der Waals surface area (Å²) in [4.78, 5) is 35.2. The number of methoxy groups -OCH3 is 1. The molecule has 168 valence electrons. The van der Waals surface area contributed by atoms with Crippen molar-refractivity contribution in [3.8, 4) is 5.75 Å². The molecule has 0 aliphatic carbocycles. The fourth-order valence-corrected chi connectivity index (χ4v) is 4.34. The van der Waals surface area contributed by atoms with Gasteiger partial charge in [0.25, 0.3) is 11.8 Å². The number of hydrogen-bond acceptors (Lipinski definition) is 6. The topological polar surface area (TPSA) is 56.3 Å². The van der Waals surface area contributed by atoms with Gasteiger partial charge >= 0.3 is 0 Å². The second-order valence-electron chi connectivity index (χ2n) is 8.21. The molecule has 2 heterocycles. The Morgan fingerprint density at radius 3 is 2.31 bits per heavy atom. The van der Waals surface area contributed by atoms with E-state index in [1.165, 1.54) is 4.90 Å². The van der Waals surface area contributed by atoms with Gasteiger partial charge in [0.15, 0.2) is 0 Å². The Balaban J connectivity index is 1.81. The van der Waals surface area contributed by atoms with Crippen molar-refractivity contribution in [2.45, 2.75) is 6.92 Å². The molecule has 2 aromatic carbocycles. The lowest BCUT2D eigenvalue weighted by Crippen LogP contribution is -2.47. The third-order valence-electron chi connectivity index (χ3n) is 6.18. The van der Waals surface area contributed by atoms with Crippen LogP contribution < -0.4 is 14.5 Å². The van der Waals surface area contributed by atoms with Gasteiger partial charge in [0.1, 0.15) is 11.4 Å². The van der Waals surface area contributed by atoms with Crippen molar-refractivity contribution >= 4 is 28.8 Å². The maximum atomic E-state index is 13.8. The van der Waals surface area contributed by atoms with Crippen molar-refractivity contribution in [1.29, 1.82) is 0 Å². The van der Waals surface area contributed by atoms with Gasteiger partial charge in [-0.25, -0.2) is 4.90 Å². The van der Waals surface area contributed by atoms with Crippen molar-refractivity contribution in [3.63, 3.8) is 0 Å². The highest BCUT2D eigenvalue weighted by Crippen LogP contribution is 2.39. The Morgan fingerprint density at radius 2 is 1.66 bits per heavy atom. The molecule has 0 bridgehead atoms. The molecular weight excluding hydrogens is 404 g/mol. The molecule has 0 radical (unpaired) electrons. The van der Waals surface area contributed by atoms with Crippen LogP contribution in [0.15, 0.2) is 54.2 Å². The van der Waals surface area contributed by atoms with E-state index in [0.29, 0.717) is 41.4 Å². The molecule has 32 heavy (non-hydrogen) atoms. The number of piperazine rings is 1. The van der Waals surface area contributed by atoms with Crippen LogP contribution >= 0.6 is 0 Å². The highest BCUT2D eigenvalue weighted by atomic mass is 16.5. The maximum absolute atomic E-state index is 13.8. The predicted molar refractivity (Wildman–Crippen MR) is 127 cm³/mol. The Kier molecular flexibility index (Phi) is 6.19. The third-order valence-corrected chi connectivity index (χ3v) is 6.18. The molecule has 2 aromatic rings. The first kappa shape index (κ1) is 21.9. The highest BCUT2D eigenvalue weighted by molar-refractivity contribution is 6.45. The lowest BCUT2D eigenvalue weighted by atomic mass is 10.0. The van der Waals surface area contributed by atoms with Crippen LogP contribution in [-0.2, 0) is 9.59 Å². The lowest BCUT2D eigenvalue weighted by molar-refractivity contribution is -0.120. The molecule has 0 unspecified atom stereocenters. The Labute approximate surface area is 189 Å². The molecule has 2 aliphatic heterocycles. The van der Waals surface area contributed by atoms with E-state index in [4.69, 9.17) is 4.74 Å². The summed E-state index contributed by atoms with van der Waals surface area (Å²) in [6, 6.07) is 14.9. The minimum atomic E-state index is -0.316. The van der Waals surface area contributed by atoms with Crippen LogP contribution in [0.4, 0.5) is 11.4 Å². The number of para-hydroxylation sites is 1. The molecule has 0 N–H and O–H groups in total. The number of imide groups is 1. The van der Waals surface area contributed by atoms with E-state index in [2.05, 4.69) is 16.7 Å². The summed E-state index contributed by atoms with van der Waals surface area (Å²) >= 11 is 0. The molecule has 2 amide bonds. The Morgan fingerprint density at radius 1 is 0.938 bits per heavy atom. The second kappa shape index (κ2) is 9.04. The quantitative estimate of drug-likeness (QED) is 0.652. The normalized spacial score (nSPS) is 17.4. The van der Waals surface area contributed by atoms with Gasteiger partial charge in [0.2, 0.25) is 0 Å². The van der Waals surface area contributed by atoms with Crippen molar-refractivity contribution < 1.29 is 14.3 Å². The van der Waals surface area contributed by atoms with E-state index >= 15 is 0 Å². The lowest BCUT2D eigenvalue weighted by Gasteiger charge is -2.36. The first-order valence-electron chi connectivity index (χ1n) is 11.0. The number of anilines is 2.